The summed E-state index contributed by atoms with van der Waals surface area (Å²) in [5, 5.41) is 0. The van der Waals surface area contributed by atoms with Gasteiger partial charge in [0.25, 0.3) is 0 Å². The summed E-state index contributed by atoms with van der Waals surface area (Å²) in [5.74, 6) is 0.778. The predicted octanol–water partition coefficient (Wildman–Crippen LogP) is 1.80. The van der Waals surface area contributed by atoms with Crippen LogP contribution in [0.15, 0.2) is 24.3 Å². The summed E-state index contributed by atoms with van der Waals surface area (Å²) in [6.45, 7) is 2.37. The van der Waals surface area contributed by atoms with Crippen LogP contribution >= 0.6 is 0 Å². The van der Waals surface area contributed by atoms with Gasteiger partial charge in [-0.05, 0) is 17.7 Å². The Kier molecular flexibility index (Phi) is 3.65. The van der Waals surface area contributed by atoms with E-state index in [4.69, 9.17) is 4.74 Å². The number of likely N-dealkylation sites (tertiary alicyclic amines) is 1. The first-order chi connectivity index (χ1) is 8.67. The molecule has 1 heterocycles. The highest BCUT2D eigenvalue weighted by molar-refractivity contribution is 5.83. The summed E-state index contributed by atoms with van der Waals surface area (Å²) < 4.78 is 5.18. The second-order valence-electron chi connectivity index (χ2n) is 4.57. The molecule has 0 unspecified atom stereocenters. The van der Waals surface area contributed by atoms with Crippen LogP contribution in [0.3, 0.4) is 0 Å². The monoisotopic (exact) mass is 247 g/mol. The van der Waals surface area contributed by atoms with Gasteiger partial charge in [0, 0.05) is 18.9 Å². The lowest BCUT2D eigenvalue weighted by atomic mass is 9.85. The van der Waals surface area contributed by atoms with Crippen molar-refractivity contribution < 1.29 is 14.3 Å². The zero-order chi connectivity index (χ0) is 13.1. The van der Waals surface area contributed by atoms with E-state index in [0.29, 0.717) is 13.0 Å². The van der Waals surface area contributed by atoms with Gasteiger partial charge in [0.15, 0.2) is 0 Å². The number of rotatable bonds is 3. The first-order valence-corrected chi connectivity index (χ1v) is 6.05. The van der Waals surface area contributed by atoms with Gasteiger partial charge in [-0.3, -0.25) is 9.59 Å². The minimum atomic E-state index is -0.182. The highest BCUT2D eigenvalue weighted by Crippen LogP contribution is 2.34. The lowest BCUT2D eigenvalue weighted by Crippen LogP contribution is -2.41. The van der Waals surface area contributed by atoms with E-state index in [2.05, 4.69) is 0 Å². The van der Waals surface area contributed by atoms with E-state index in [1.807, 2.05) is 31.2 Å². The van der Waals surface area contributed by atoms with Crippen LogP contribution in [0, 0.1) is 5.92 Å². The van der Waals surface area contributed by atoms with Crippen LogP contribution < -0.4 is 4.74 Å². The third-order valence-electron chi connectivity index (χ3n) is 3.53. The van der Waals surface area contributed by atoms with Crippen molar-refractivity contribution in [1.82, 2.24) is 4.90 Å². The van der Waals surface area contributed by atoms with Crippen LogP contribution in [0.4, 0.5) is 0 Å². The minimum Gasteiger partial charge on any atom is -0.497 e. The van der Waals surface area contributed by atoms with E-state index in [-0.39, 0.29) is 17.7 Å². The predicted molar refractivity (Wildman–Crippen MR) is 67.3 cm³/mol. The third-order valence-corrected chi connectivity index (χ3v) is 3.53. The Labute approximate surface area is 107 Å². The maximum atomic E-state index is 11.8. The number of methoxy groups -OCH3 is 1. The Bertz CT molecular complexity index is 456. The number of ether oxygens (including phenoxy) is 1. The van der Waals surface area contributed by atoms with E-state index in [1.54, 1.807) is 12.0 Å². The Morgan fingerprint density at radius 3 is 2.89 bits per heavy atom. The second kappa shape index (κ2) is 5.21. The standard InChI is InChI=1S/C14H17NO3/c1-10-13(17)6-7-15(9-16)14(10)11-4-3-5-12(8-11)18-2/h3-5,8-10,14H,6-7H2,1-2H3/t10-,14-/m0/s1. The van der Waals surface area contributed by atoms with Crippen molar-refractivity contribution in [2.24, 2.45) is 5.92 Å². The van der Waals surface area contributed by atoms with Gasteiger partial charge >= 0.3 is 0 Å². The molecule has 1 aromatic carbocycles. The lowest BCUT2D eigenvalue weighted by Gasteiger charge is -2.37. The normalized spacial score (nSPS) is 23.9. The molecule has 0 radical (unpaired) electrons. The van der Waals surface area contributed by atoms with Crippen LogP contribution in [-0.4, -0.2) is 30.7 Å². The number of carbonyl (C=O) groups excluding carboxylic acids is 2. The number of hydrogen-bond acceptors (Lipinski definition) is 3. The fourth-order valence-corrected chi connectivity index (χ4v) is 2.49. The zero-order valence-electron chi connectivity index (χ0n) is 10.6. The molecule has 4 nitrogen and oxygen atoms in total. The third kappa shape index (κ3) is 2.23. The second-order valence-corrected chi connectivity index (χ2v) is 4.57. The van der Waals surface area contributed by atoms with Crippen molar-refractivity contribution in [2.45, 2.75) is 19.4 Å². The molecule has 2 atom stereocenters. The number of carbonyl (C=O) groups is 2. The number of hydrogen-bond donors (Lipinski definition) is 0. The maximum absolute atomic E-state index is 11.8. The van der Waals surface area contributed by atoms with Gasteiger partial charge in [0.1, 0.15) is 11.5 Å². The molecular formula is C14H17NO3. The molecule has 2 rings (SSSR count). The van der Waals surface area contributed by atoms with E-state index in [1.165, 1.54) is 0 Å². The molecule has 1 saturated heterocycles. The summed E-state index contributed by atoms with van der Waals surface area (Å²) >= 11 is 0. The molecule has 0 spiro atoms. The van der Waals surface area contributed by atoms with Gasteiger partial charge in [-0.2, -0.15) is 0 Å². The van der Waals surface area contributed by atoms with E-state index < -0.39 is 0 Å². The smallest absolute Gasteiger partial charge is 0.210 e. The average Bonchev–Trinajstić information content (AvgIpc) is 2.41. The van der Waals surface area contributed by atoms with Crippen LogP contribution in [0.5, 0.6) is 5.75 Å². The quantitative estimate of drug-likeness (QED) is 0.765. The molecule has 1 aliphatic heterocycles. The average molecular weight is 247 g/mol. The summed E-state index contributed by atoms with van der Waals surface area (Å²) in [4.78, 5) is 24.6. The molecule has 0 aliphatic carbocycles. The molecule has 18 heavy (non-hydrogen) atoms. The molecule has 1 fully saturated rings. The first-order valence-electron chi connectivity index (χ1n) is 6.05. The Balaban J connectivity index is 2.36. The largest absolute Gasteiger partial charge is 0.497 e. The Morgan fingerprint density at radius 2 is 2.22 bits per heavy atom. The summed E-state index contributed by atoms with van der Waals surface area (Å²) in [5.41, 5.74) is 0.946. The SMILES string of the molecule is COc1cccc([C@@H]2[C@@H](C)C(=O)CCN2C=O)c1. The number of piperidine rings is 1. The van der Waals surface area contributed by atoms with Gasteiger partial charge in [-0.25, -0.2) is 0 Å². The maximum Gasteiger partial charge on any atom is 0.210 e. The molecular weight excluding hydrogens is 230 g/mol. The van der Waals surface area contributed by atoms with Crippen molar-refractivity contribution in [3.8, 4) is 5.75 Å². The van der Waals surface area contributed by atoms with E-state index in [0.717, 1.165) is 17.7 Å². The van der Waals surface area contributed by atoms with Crippen molar-refractivity contribution in [3.63, 3.8) is 0 Å². The van der Waals surface area contributed by atoms with Gasteiger partial charge < -0.3 is 9.64 Å². The lowest BCUT2D eigenvalue weighted by molar-refractivity contribution is -0.133. The van der Waals surface area contributed by atoms with Crippen LogP contribution in [0.2, 0.25) is 0 Å². The first kappa shape index (κ1) is 12.6. The van der Waals surface area contributed by atoms with Gasteiger partial charge in [0.05, 0.1) is 13.2 Å². The van der Waals surface area contributed by atoms with Crippen LogP contribution in [0.1, 0.15) is 24.9 Å². The molecule has 1 aromatic rings. The van der Waals surface area contributed by atoms with Crippen molar-refractivity contribution in [3.05, 3.63) is 29.8 Å². The Morgan fingerprint density at radius 1 is 1.44 bits per heavy atom. The molecule has 1 aliphatic rings. The van der Waals surface area contributed by atoms with E-state index >= 15 is 0 Å². The summed E-state index contributed by atoms with van der Waals surface area (Å²) in [6.07, 6.45) is 1.27. The number of nitrogens with zero attached hydrogens (tertiary/aromatic N) is 1. The zero-order valence-corrected chi connectivity index (χ0v) is 10.6. The van der Waals surface area contributed by atoms with Crippen LogP contribution in [0.25, 0.3) is 0 Å². The van der Waals surface area contributed by atoms with Crippen LogP contribution in [-0.2, 0) is 9.59 Å². The number of benzene rings is 1. The summed E-state index contributed by atoms with van der Waals surface area (Å²) in [6, 6.07) is 7.36. The molecule has 0 aromatic heterocycles. The summed E-state index contributed by atoms with van der Waals surface area (Å²) in [7, 11) is 1.60. The van der Waals surface area contributed by atoms with Crippen molar-refractivity contribution in [2.75, 3.05) is 13.7 Å². The minimum absolute atomic E-state index is 0.170. The van der Waals surface area contributed by atoms with Gasteiger partial charge in [-0.15, -0.1) is 0 Å². The molecule has 0 saturated carbocycles. The molecule has 96 valence electrons. The molecule has 4 heteroatoms. The topological polar surface area (TPSA) is 46.6 Å². The fourth-order valence-electron chi connectivity index (χ4n) is 2.49. The van der Waals surface area contributed by atoms with Gasteiger partial charge in [0.2, 0.25) is 6.41 Å². The van der Waals surface area contributed by atoms with Crippen molar-refractivity contribution >= 4 is 12.2 Å². The van der Waals surface area contributed by atoms with Crippen molar-refractivity contribution in [1.29, 1.82) is 0 Å². The Hall–Kier alpha value is -1.84. The fraction of sp³-hybridized carbons (Fsp3) is 0.429. The molecule has 0 bridgehead atoms. The molecule has 0 N–H and O–H groups in total. The van der Waals surface area contributed by atoms with Gasteiger partial charge in [-0.1, -0.05) is 19.1 Å². The number of Topliss-reactive ketones (excluding diaryl/α,β-unsaturated/α-hetero) is 1. The van der Waals surface area contributed by atoms with E-state index in [9.17, 15) is 9.59 Å². The highest BCUT2D eigenvalue weighted by atomic mass is 16.5. The molecule has 1 amide bonds. The number of ketones is 1. The highest BCUT2D eigenvalue weighted by Gasteiger charge is 2.34. The number of amides is 1.